The van der Waals surface area contributed by atoms with Gasteiger partial charge in [-0.15, -0.1) is 11.8 Å². The first-order chi connectivity index (χ1) is 6.97. The first kappa shape index (κ1) is 12.2. The highest BCUT2D eigenvalue weighted by Crippen LogP contribution is 2.30. The number of nitrogens with zero attached hydrogens (tertiary/aromatic N) is 2. The molecule has 1 heterocycles. The fourth-order valence-electron chi connectivity index (χ4n) is 1.66. The molecule has 1 aliphatic rings. The number of thioether (sulfide) groups is 1. The Bertz CT molecular complexity index is 293. The highest BCUT2D eigenvalue weighted by molar-refractivity contribution is 8.02. The molecule has 0 radical (unpaired) electrons. The summed E-state index contributed by atoms with van der Waals surface area (Å²) in [5, 5.41) is 9.87. The molecule has 0 aromatic rings. The van der Waals surface area contributed by atoms with Crippen LogP contribution in [-0.2, 0) is 4.79 Å². The molecule has 15 heavy (non-hydrogen) atoms. The molecule has 0 spiro atoms. The van der Waals surface area contributed by atoms with E-state index in [1.807, 2.05) is 25.3 Å². The summed E-state index contributed by atoms with van der Waals surface area (Å²) >= 11 is 1.62. The lowest BCUT2D eigenvalue weighted by molar-refractivity contribution is -0.138. The van der Waals surface area contributed by atoms with Gasteiger partial charge in [0.2, 0.25) is 0 Å². The fourth-order valence-corrected chi connectivity index (χ4v) is 2.51. The zero-order valence-corrected chi connectivity index (χ0v) is 10.0. The summed E-state index contributed by atoms with van der Waals surface area (Å²) in [4.78, 5) is 14.8. The summed E-state index contributed by atoms with van der Waals surface area (Å²) in [6.07, 6.45) is 2.36. The van der Waals surface area contributed by atoms with Gasteiger partial charge in [-0.2, -0.15) is 0 Å². The summed E-state index contributed by atoms with van der Waals surface area (Å²) in [6.45, 7) is 0.790. The minimum absolute atomic E-state index is 0.381. The van der Waals surface area contributed by atoms with E-state index in [1.54, 1.807) is 11.8 Å². The van der Waals surface area contributed by atoms with Crippen LogP contribution in [0.3, 0.4) is 0 Å². The maximum Gasteiger partial charge on any atom is 0.320 e. The summed E-state index contributed by atoms with van der Waals surface area (Å²) in [6, 6.07) is -0.823. The van der Waals surface area contributed by atoms with Crippen LogP contribution in [0.15, 0.2) is 10.7 Å². The first-order valence-electron chi connectivity index (χ1n) is 4.65. The van der Waals surface area contributed by atoms with E-state index in [-0.39, 0.29) is 0 Å². The number of nitrogens with two attached hydrogens (primary N) is 1. The van der Waals surface area contributed by atoms with Crippen LogP contribution in [0.1, 0.15) is 6.42 Å². The van der Waals surface area contributed by atoms with Crippen LogP contribution in [0.2, 0.25) is 0 Å². The summed E-state index contributed by atoms with van der Waals surface area (Å²) in [7, 11) is 3.94. The van der Waals surface area contributed by atoms with Crippen molar-refractivity contribution in [2.45, 2.75) is 12.5 Å². The van der Waals surface area contributed by atoms with Crippen LogP contribution in [0, 0.1) is 0 Å². The molecule has 1 rings (SSSR count). The van der Waals surface area contributed by atoms with E-state index in [1.165, 1.54) is 0 Å². The van der Waals surface area contributed by atoms with Crippen molar-refractivity contribution in [3.05, 3.63) is 10.7 Å². The van der Waals surface area contributed by atoms with Crippen molar-refractivity contribution in [2.75, 3.05) is 27.0 Å². The minimum Gasteiger partial charge on any atom is -0.480 e. The Hall–Kier alpha value is -0.880. The Morgan fingerprint density at radius 1 is 1.60 bits per heavy atom. The number of carboxylic acid groups (broad SMARTS) is 1. The topological polar surface area (TPSA) is 69.8 Å². The Kier molecular flexibility index (Phi) is 3.87. The molecular formula is C9H17N3O2S. The summed E-state index contributed by atoms with van der Waals surface area (Å²) in [5.74, 6) is -0.953. The molecule has 3 N–H and O–H groups in total. The monoisotopic (exact) mass is 231 g/mol. The number of rotatable bonds is 4. The molecule has 0 aliphatic carbocycles. The van der Waals surface area contributed by atoms with Crippen LogP contribution in [0.5, 0.6) is 0 Å². The van der Waals surface area contributed by atoms with Crippen LogP contribution < -0.4 is 5.73 Å². The molecule has 86 valence electrons. The molecule has 5 nitrogen and oxygen atoms in total. The van der Waals surface area contributed by atoms with E-state index < -0.39 is 12.0 Å². The molecule has 0 aromatic carbocycles. The largest absolute Gasteiger partial charge is 0.480 e. The molecule has 0 bridgehead atoms. The molecule has 0 aromatic heterocycles. The lowest BCUT2D eigenvalue weighted by atomic mass is 10.2. The van der Waals surface area contributed by atoms with Crippen molar-refractivity contribution in [2.24, 2.45) is 5.73 Å². The highest BCUT2D eigenvalue weighted by Gasteiger charge is 2.26. The van der Waals surface area contributed by atoms with E-state index in [0.717, 1.165) is 17.4 Å². The maximum absolute atomic E-state index is 10.7. The fraction of sp³-hybridized carbons (Fsp3) is 0.667. The standard InChI is InChI=1S/C9H17N3O2S/c1-11-5-12(2)8(15-3)7(11)4-6(10)9(13)14/h6H,4-5,10H2,1-3H3,(H,13,14)/t6-/m0/s1. The van der Waals surface area contributed by atoms with E-state index >= 15 is 0 Å². The number of aliphatic carboxylic acids is 1. The number of hydrogen-bond acceptors (Lipinski definition) is 5. The van der Waals surface area contributed by atoms with Gasteiger partial charge in [-0.1, -0.05) is 0 Å². The van der Waals surface area contributed by atoms with Gasteiger partial charge in [-0.05, 0) is 6.26 Å². The minimum atomic E-state index is -0.953. The number of hydrogen-bond donors (Lipinski definition) is 2. The zero-order chi connectivity index (χ0) is 11.6. The second-order valence-electron chi connectivity index (χ2n) is 3.64. The Balaban J connectivity index is 2.81. The Morgan fingerprint density at radius 2 is 2.20 bits per heavy atom. The molecule has 0 saturated carbocycles. The van der Waals surface area contributed by atoms with Gasteiger partial charge in [-0.3, -0.25) is 4.79 Å². The Labute approximate surface area is 93.9 Å². The zero-order valence-electron chi connectivity index (χ0n) is 9.23. The SMILES string of the molecule is CSC1=C(C[C@H](N)C(=O)O)N(C)CN1C. The lowest BCUT2D eigenvalue weighted by Crippen LogP contribution is -2.32. The molecular weight excluding hydrogens is 214 g/mol. The predicted octanol–water partition coefficient (Wildman–Crippen LogP) is 0.155. The van der Waals surface area contributed by atoms with E-state index in [0.29, 0.717) is 6.42 Å². The van der Waals surface area contributed by atoms with Crippen LogP contribution in [0.4, 0.5) is 0 Å². The van der Waals surface area contributed by atoms with Gasteiger partial charge >= 0.3 is 5.97 Å². The van der Waals surface area contributed by atoms with Crippen molar-refractivity contribution in [1.29, 1.82) is 0 Å². The third-order valence-corrected chi connectivity index (χ3v) is 3.34. The van der Waals surface area contributed by atoms with Crippen molar-refractivity contribution in [3.63, 3.8) is 0 Å². The number of carboxylic acids is 1. The average Bonchev–Trinajstić information content (AvgIpc) is 2.41. The maximum atomic E-state index is 10.7. The van der Waals surface area contributed by atoms with Crippen LogP contribution in [0.25, 0.3) is 0 Å². The second-order valence-corrected chi connectivity index (χ2v) is 4.44. The van der Waals surface area contributed by atoms with E-state index in [2.05, 4.69) is 4.90 Å². The molecule has 0 amide bonds. The lowest BCUT2D eigenvalue weighted by Gasteiger charge is -2.17. The van der Waals surface area contributed by atoms with E-state index in [4.69, 9.17) is 10.8 Å². The quantitative estimate of drug-likeness (QED) is 0.718. The van der Waals surface area contributed by atoms with Gasteiger partial charge in [0.15, 0.2) is 0 Å². The van der Waals surface area contributed by atoms with Gasteiger partial charge in [0, 0.05) is 26.2 Å². The highest BCUT2D eigenvalue weighted by atomic mass is 32.2. The molecule has 1 atom stereocenters. The van der Waals surface area contributed by atoms with Gasteiger partial charge in [-0.25, -0.2) is 0 Å². The normalized spacial score (nSPS) is 18.7. The average molecular weight is 231 g/mol. The molecule has 0 unspecified atom stereocenters. The third kappa shape index (κ3) is 2.57. The molecule has 1 aliphatic heterocycles. The summed E-state index contributed by atoms with van der Waals surface area (Å²) in [5.41, 5.74) is 6.55. The molecule has 0 fully saturated rings. The molecule has 6 heteroatoms. The van der Waals surface area contributed by atoms with Gasteiger partial charge < -0.3 is 20.6 Å². The smallest absolute Gasteiger partial charge is 0.320 e. The predicted molar refractivity (Wildman–Crippen MR) is 61.2 cm³/mol. The van der Waals surface area contributed by atoms with Gasteiger partial charge in [0.25, 0.3) is 0 Å². The second kappa shape index (κ2) is 4.76. The van der Waals surface area contributed by atoms with Gasteiger partial charge in [0.1, 0.15) is 6.04 Å². The third-order valence-electron chi connectivity index (χ3n) is 2.40. The molecule has 0 saturated heterocycles. The van der Waals surface area contributed by atoms with Crippen LogP contribution >= 0.6 is 11.8 Å². The van der Waals surface area contributed by atoms with E-state index in [9.17, 15) is 4.79 Å². The summed E-state index contributed by atoms with van der Waals surface area (Å²) < 4.78 is 0. The first-order valence-corrected chi connectivity index (χ1v) is 5.87. The number of carbonyl (C=O) groups is 1. The Morgan fingerprint density at radius 3 is 2.67 bits per heavy atom. The van der Waals surface area contributed by atoms with Crippen LogP contribution in [-0.4, -0.2) is 53.9 Å². The van der Waals surface area contributed by atoms with Crippen molar-refractivity contribution >= 4 is 17.7 Å². The van der Waals surface area contributed by atoms with Crippen molar-refractivity contribution in [1.82, 2.24) is 9.80 Å². The van der Waals surface area contributed by atoms with Crippen molar-refractivity contribution < 1.29 is 9.90 Å². The van der Waals surface area contributed by atoms with Crippen molar-refractivity contribution in [3.8, 4) is 0 Å². The van der Waals surface area contributed by atoms with Gasteiger partial charge in [0.05, 0.1) is 11.7 Å².